The highest BCUT2D eigenvalue weighted by Crippen LogP contribution is 2.37. The molecule has 1 unspecified atom stereocenters. The predicted octanol–water partition coefficient (Wildman–Crippen LogP) is 6.32. The first kappa shape index (κ1) is 15.0. The highest BCUT2D eigenvalue weighted by Gasteiger charge is 2.18. The van der Waals surface area contributed by atoms with Crippen molar-refractivity contribution in [2.24, 2.45) is 0 Å². The molecule has 106 valence electrons. The van der Waals surface area contributed by atoms with E-state index in [1.807, 2.05) is 0 Å². The highest BCUT2D eigenvalue weighted by atomic mass is 32.1. The molecule has 19 heavy (non-hydrogen) atoms. The summed E-state index contributed by atoms with van der Waals surface area (Å²) in [6.07, 6.45) is 10.7. The standard InChI is InChI=1S/C18H28S/c1-3-8-14(4-2)16-11-12-17(18(19)13-16)15-9-6-5-7-10-15/h11-15,19H,3-10H2,1-2H3. The molecular formula is C18H28S. The zero-order valence-corrected chi connectivity index (χ0v) is 13.4. The Kier molecular flexibility index (Phi) is 5.81. The van der Waals surface area contributed by atoms with Gasteiger partial charge in [0.1, 0.15) is 0 Å². The summed E-state index contributed by atoms with van der Waals surface area (Å²) in [4.78, 5) is 1.24. The van der Waals surface area contributed by atoms with Gasteiger partial charge >= 0.3 is 0 Å². The molecule has 0 heterocycles. The fourth-order valence-electron chi connectivity index (χ4n) is 3.53. The fourth-order valence-corrected chi connectivity index (χ4v) is 3.93. The first-order chi connectivity index (χ1) is 9.26. The largest absolute Gasteiger partial charge is 0.143 e. The first-order valence-corrected chi connectivity index (χ1v) is 8.53. The van der Waals surface area contributed by atoms with E-state index in [-0.39, 0.29) is 0 Å². The molecule has 0 amide bonds. The van der Waals surface area contributed by atoms with Crippen molar-refractivity contribution in [1.82, 2.24) is 0 Å². The van der Waals surface area contributed by atoms with Crippen molar-refractivity contribution in [2.45, 2.75) is 81.9 Å². The Bertz CT molecular complexity index is 391. The molecule has 1 aliphatic rings. The van der Waals surface area contributed by atoms with Crippen molar-refractivity contribution in [1.29, 1.82) is 0 Å². The minimum Gasteiger partial charge on any atom is -0.143 e. The van der Waals surface area contributed by atoms with Gasteiger partial charge in [-0.2, -0.15) is 0 Å². The van der Waals surface area contributed by atoms with Gasteiger partial charge in [-0.3, -0.25) is 0 Å². The van der Waals surface area contributed by atoms with E-state index in [0.717, 1.165) is 11.8 Å². The molecule has 1 aliphatic carbocycles. The van der Waals surface area contributed by atoms with Crippen molar-refractivity contribution >= 4 is 12.6 Å². The van der Waals surface area contributed by atoms with E-state index in [2.05, 4.69) is 32.0 Å². The molecule has 1 aromatic rings. The van der Waals surface area contributed by atoms with E-state index in [0.29, 0.717) is 0 Å². The van der Waals surface area contributed by atoms with Gasteiger partial charge in [0, 0.05) is 4.90 Å². The second kappa shape index (κ2) is 7.38. The summed E-state index contributed by atoms with van der Waals surface area (Å²) in [5.41, 5.74) is 2.99. The van der Waals surface area contributed by atoms with Gasteiger partial charge in [-0.1, -0.05) is 51.7 Å². The van der Waals surface area contributed by atoms with Gasteiger partial charge in [0.15, 0.2) is 0 Å². The van der Waals surface area contributed by atoms with Gasteiger partial charge in [0.25, 0.3) is 0 Å². The summed E-state index contributed by atoms with van der Waals surface area (Å²) in [5.74, 6) is 1.48. The van der Waals surface area contributed by atoms with Gasteiger partial charge in [0.2, 0.25) is 0 Å². The maximum atomic E-state index is 4.78. The molecule has 0 nitrogen and oxygen atoms in total. The lowest BCUT2D eigenvalue weighted by Crippen LogP contribution is -2.06. The molecule has 0 aliphatic heterocycles. The smallest absolute Gasteiger partial charge is 0.00777 e. The summed E-state index contributed by atoms with van der Waals surface area (Å²) in [7, 11) is 0. The third kappa shape index (κ3) is 3.78. The summed E-state index contributed by atoms with van der Waals surface area (Å²) in [5, 5.41) is 0. The quantitative estimate of drug-likeness (QED) is 0.598. The Morgan fingerprint density at radius 1 is 1.16 bits per heavy atom. The number of benzene rings is 1. The summed E-state index contributed by atoms with van der Waals surface area (Å²) in [6.45, 7) is 4.58. The van der Waals surface area contributed by atoms with Crippen molar-refractivity contribution in [3.05, 3.63) is 29.3 Å². The molecule has 0 saturated heterocycles. The third-order valence-electron chi connectivity index (χ3n) is 4.70. The van der Waals surface area contributed by atoms with Crippen molar-refractivity contribution in [3.8, 4) is 0 Å². The van der Waals surface area contributed by atoms with E-state index >= 15 is 0 Å². The summed E-state index contributed by atoms with van der Waals surface area (Å²) >= 11 is 4.78. The lowest BCUT2D eigenvalue weighted by atomic mass is 9.83. The third-order valence-corrected chi connectivity index (χ3v) is 5.09. The average Bonchev–Trinajstić information content (AvgIpc) is 2.45. The molecule has 0 spiro atoms. The Hall–Kier alpha value is -0.430. The Labute approximate surface area is 124 Å². The Morgan fingerprint density at radius 2 is 1.89 bits per heavy atom. The van der Waals surface area contributed by atoms with Crippen LogP contribution in [-0.2, 0) is 0 Å². The molecule has 1 heteroatoms. The molecule has 0 bridgehead atoms. The minimum absolute atomic E-state index is 0.719. The zero-order chi connectivity index (χ0) is 13.7. The van der Waals surface area contributed by atoms with Crippen LogP contribution in [0.3, 0.4) is 0 Å². The minimum atomic E-state index is 0.719. The molecule has 1 aromatic carbocycles. The summed E-state index contributed by atoms with van der Waals surface area (Å²) in [6, 6.07) is 7.08. The molecule has 0 radical (unpaired) electrons. The first-order valence-electron chi connectivity index (χ1n) is 8.09. The van der Waals surface area contributed by atoms with Crippen molar-refractivity contribution in [3.63, 3.8) is 0 Å². The molecule has 0 N–H and O–H groups in total. The van der Waals surface area contributed by atoms with Crippen LogP contribution in [0.4, 0.5) is 0 Å². The second-order valence-corrected chi connectivity index (χ2v) is 6.53. The van der Waals surface area contributed by atoms with Gasteiger partial charge in [-0.15, -0.1) is 12.6 Å². The van der Waals surface area contributed by atoms with E-state index in [1.165, 1.54) is 67.4 Å². The van der Waals surface area contributed by atoms with Gasteiger partial charge < -0.3 is 0 Å². The molecular weight excluding hydrogens is 248 g/mol. The molecule has 1 saturated carbocycles. The molecule has 1 atom stereocenters. The fraction of sp³-hybridized carbons (Fsp3) is 0.667. The van der Waals surface area contributed by atoms with E-state index in [1.54, 1.807) is 0 Å². The SMILES string of the molecule is CCCC(CC)c1ccc(C2CCCCC2)c(S)c1. The average molecular weight is 276 g/mol. The second-order valence-electron chi connectivity index (χ2n) is 6.05. The van der Waals surface area contributed by atoms with E-state index in [4.69, 9.17) is 12.6 Å². The van der Waals surface area contributed by atoms with E-state index < -0.39 is 0 Å². The van der Waals surface area contributed by atoms with Crippen LogP contribution in [0.15, 0.2) is 23.1 Å². The lowest BCUT2D eigenvalue weighted by molar-refractivity contribution is 0.439. The van der Waals surface area contributed by atoms with Crippen LogP contribution in [-0.4, -0.2) is 0 Å². The Balaban J connectivity index is 2.15. The van der Waals surface area contributed by atoms with Crippen LogP contribution in [0.2, 0.25) is 0 Å². The number of thiol groups is 1. The number of hydrogen-bond acceptors (Lipinski definition) is 1. The zero-order valence-electron chi connectivity index (χ0n) is 12.5. The topological polar surface area (TPSA) is 0 Å². The van der Waals surface area contributed by atoms with E-state index in [9.17, 15) is 0 Å². The van der Waals surface area contributed by atoms with Crippen LogP contribution in [0.25, 0.3) is 0 Å². The van der Waals surface area contributed by atoms with Crippen LogP contribution < -0.4 is 0 Å². The van der Waals surface area contributed by atoms with Gasteiger partial charge in [-0.25, -0.2) is 0 Å². The van der Waals surface area contributed by atoms with Crippen LogP contribution in [0.5, 0.6) is 0 Å². The highest BCUT2D eigenvalue weighted by molar-refractivity contribution is 7.80. The monoisotopic (exact) mass is 276 g/mol. The summed E-state index contributed by atoms with van der Waals surface area (Å²) < 4.78 is 0. The molecule has 1 fully saturated rings. The number of rotatable bonds is 5. The maximum Gasteiger partial charge on any atom is 0.00777 e. The van der Waals surface area contributed by atoms with Crippen LogP contribution >= 0.6 is 12.6 Å². The number of hydrogen-bond donors (Lipinski definition) is 1. The normalized spacial score (nSPS) is 18.5. The Morgan fingerprint density at radius 3 is 2.47 bits per heavy atom. The van der Waals surface area contributed by atoms with Gasteiger partial charge in [0.05, 0.1) is 0 Å². The van der Waals surface area contributed by atoms with Crippen molar-refractivity contribution < 1.29 is 0 Å². The van der Waals surface area contributed by atoms with Crippen LogP contribution in [0.1, 0.15) is 88.2 Å². The van der Waals surface area contributed by atoms with Crippen LogP contribution in [0, 0.1) is 0 Å². The van der Waals surface area contributed by atoms with Crippen molar-refractivity contribution in [2.75, 3.05) is 0 Å². The predicted molar refractivity (Wildman–Crippen MR) is 87.5 cm³/mol. The molecule has 2 rings (SSSR count). The van der Waals surface area contributed by atoms with Gasteiger partial charge in [-0.05, 0) is 54.7 Å². The lowest BCUT2D eigenvalue weighted by Gasteiger charge is -2.24. The molecule has 0 aromatic heterocycles. The maximum absolute atomic E-state index is 4.78.